The minimum absolute atomic E-state index is 0.242. The van der Waals surface area contributed by atoms with Crippen LogP contribution in [0.5, 0.6) is 0 Å². The van der Waals surface area contributed by atoms with Crippen LogP contribution in [0.4, 0.5) is 0 Å². The van der Waals surface area contributed by atoms with Crippen molar-refractivity contribution in [3.05, 3.63) is 53.1 Å². The Balaban J connectivity index is 1.35. The maximum Gasteiger partial charge on any atom is 0.226 e. The summed E-state index contributed by atoms with van der Waals surface area (Å²) in [4.78, 5) is 25.7. The summed E-state index contributed by atoms with van der Waals surface area (Å²) in [6, 6.07) is 10.0. The fourth-order valence-corrected chi connectivity index (χ4v) is 4.88. The number of imidazole rings is 1. The lowest BCUT2D eigenvalue weighted by Crippen LogP contribution is -2.58. The van der Waals surface area contributed by atoms with E-state index in [0.29, 0.717) is 11.5 Å². The molecular weight excluding hydrogens is 350 g/mol. The lowest BCUT2D eigenvalue weighted by molar-refractivity contribution is -0.143. The van der Waals surface area contributed by atoms with Gasteiger partial charge in [-0.3, -0.25) is 9.69 Å². The van der Waals surface area contributed by atoms with E-state index in [1.165, 1.54) is 11.3 Å². The Kier molecular flexibility index (Phi) is 4.21. The van der Waals surface area contributed by atoms with Gasteiger partial charge in [-0.15, -0.1) is 0 Å². The molecule has 0 bridgehead atoms. The van der Waals surface area contributed by atoms with Crippen molar-refractivity contribution in [1.29, 1.82) is 5.26 Å². The standard InChI is InChI=1S/C22H25N5O/c23-13-16-1-3-17(4-2-16)14-26-11-8-22(9-12-26)20-19(24-15-25-20)7-10-27(22)21(28)18-5-6-18/h1-4,15,18H,5-12,14H2,(H,24,25). The predicted octanol–water partition coefficient (Wildman–Crippen LogP) is 2.57. The largest absolute Gasteiger partial charge is 0.348 e. The number of rotatable bonds is 3. The number of carbonyl (C=O) groups excluding carboxylic acids is 1. The Hall–Kier alpha value is -2.65. The SMILES string of the molecule is N#Cc1ccc(CN2CCC3(CC2)c2nc[nH]c2CCN3C(=O)C2CC2)cc1. The number of H-pyrrole nitrogens is 1. The molecule has 1 amide bonds. The van der Waals surface area contributed by atoms with Gasteiger partial charge in [0.1, 0.15) is 0 Å². The van der Waals surface area contributed by atoms with Crippen LogP contribution in [-0.2, 0) is 23.3 Å². The first-order valence-corrected chi connectivity index (χ1v) is 10.3. The third-order valence-electron chi connectivity index (χ3n) is 6.63. The Labute approximate surface area is 165 Å². The number of amides is 1. The minimum atomic E-state index is -0.242. The molecule has 3 heterocycles. The molecule has 1 N–H and O–H groups in total. The van der Waals surface area contributed by atoms with E-state index in [0.717, 1.165) is 64.0 Å². The van der Waals surface area contributed by atoms with Crippen molar-refractivity contribution in [3.63, 3.8) is 0 Å². The summed E-state index contributed by atoms with van der Waals surface area (Å²) in [7, 11) is 0. The average molecular weight is 375 g/mol. The molecule has 2 fully saturated rings. The maximum atomic E-state index is 13.0. The lowest BCUT2D eigenvalue weighted by Gasteiger charge is -2.50. The van der Waals surface area contributed by atoms with Crippen molar-refractivity contribution in [2.24, 2.45) is 5.92 Å². The quantitative estimate of drug-likeness (QED) is 0.895. The van der Waals surface area contributed by atoms with Crippen LogP contribution in [0.3, 0.4) is 0 Å². The molecule has 0 atom stereocenters. The molecule has 1 aromatic carbocycles. The third kappa shape index (κ3) is 2.91. The Morgan fingerprint density at radius 1 is 1.21 bits per heavy atom. The van der Waals surface area contributed by atoms with Gasteiger partial charge in [0, 0.05) is 44.2 Å². The van der Waals surface area contributed by atoms with Gasteiger partial charge in [-0.2, -0.15) is 5.26 Å². The van der Waals surface area contributed by atoms with Crippen molar-refractivity contribution in [1.82, 2.24) is 19.8 Å². The van der Waals surface area contributed by atoms with Crippen LogP contribution in [0.2, 0.25) is 0 Å². The van der Waals surface area contributed by atoms with Gasteiger partial charge in [0.25, 0.3) is 0 Å². The van der Waals surface area contributed by atoms with E-state index in [-0.39, 0.29) is 11.5 Å². The molecule has 1 saturated carbocycles. The first kappa shape index (κ1) is 17.4. The van der Waals surface area contributed by atoms with E-state index in [9.17, 15) is 4.79 Å². The topological polar surface area (TPSA) is 76.0 Å². The number of carbonyl (C=O) groups is 1. The molecule has 144 valence electrons. The predicted molar refractivity (Wildman–Crippen MR) is 104 cm³/mol. The molecule has 6 heteroatoms. The van der Waals surface area contributed by atoms with Gasteiger partial charge >= 0.3 is 0 Å². The summed E-state index contributed by atoms with van der Waals surface area (Å²) in [5.41, 5.74) is 3.99. The molecule has 2 aliphatic heterocycles. The van der Waals surface area contributed by atoms with E-state index in [1.807, 2.05) is 24.3 Å². The second-order valence-electron chi connectivity index (χ2n) is 8.36. The van der Waals surface area contributed by atoms with Crippen LogP contribution < -0.4 is 0 Å². The molecule has 1 aromatic heterocycles. The van der Waals surface area contributed by atoms with Crippen LogP contribution in [-0.4, -0.2) is 45.3 Å². The van der Waals surface area contributed by atoms with E-state index in [1.54, 1.807) is 6.33 Å². The number of fused-ring (bicyclic) bond motifs is 2. The number of aromatic nitrogens is 2. The molecule has 1 aliphatic carbocycles. The number of nitriles is 1. The fraction of sp³-hybridized carbons (Fsp3) is 0.500. The number of nitrogens with zero attached hydrogens (tertiary/aromatic N) is 4. The monoisotopic (exact) mass is 375 g/mol. The number of nitrogens with one attached hydrogen (secondary N) is 1. The lowest BCUT2D eigenvalue weighted by atomic mass is 9.78. The van der Waals surface area contributed by atoms with E-state index < -0.39 is 0 Å². The smallest absolute Gasteiger partial charge is 0.226 e. The van der Waals surface area contributed by atoms with Gasteiger partial charge < -0.3 is 9.88 Å². The molecule has 5 rings (SSSR count). The van der Waals surface area contributed by atoms with Crippen molar-refractivity contribution >= 4 is 5.91 Å². The number of benzene rings is 1. The number of aromatic amines is 1. The summed E-state index contributed by atoms with van der Waals surface area (Å²) in [5.74, 6) is 0.586. The average Bonchev–Trinajstić information content (AvgIpc) is 3.47. The number of piperidine rings is 1. The number of hydrogen-bond donors (Lipinski definition) is 1. The fourth-order valence-electron chi connectivity index (χ4n) is 4.88. The van der Waals surface area contributed by atoms with E-state index >= 15 is 0 Å². The van der Waals surface area contributed by atoms with Crippen molar-refractivity contribution < 1.29 is 4.79 Å². The Morgan fingerprint density at radius 2 is 1.96 bits per heavy atom. The van der Waals surface area contributed by atoms with Gasteiger partial charge in [-0.1, -0.05) is 12.1 Å². The summed E-state index contributed by atoms with van der Waals surface area (Å²) in [6.45, 7) is 3.58. The van der Waals surface area contributed by atoms with E-state index in [2.05, 4.69) is 25.8 Å². The van der Waals surface area contributed by atoms with Gasteiger partial charge in [-0.25, -0.2) is 4.98 Å². The maximum absolute atomic E-state index is 13.0. The van der Waals surface area contributed by atoms with Crippen molar-refractivity contribution in [2.75, 3.05) is 19.6 Å². The van der Waals surface area contributed by atoms with E-state index in [4.69, 9.17) is 5.26 Å². The highest BCUT2D eigenvalue weighted by Crippen LogP contribution is 2.45. The second kappa shape index (κ2) is 6.75. The molecule has 28 heavy (non-hydrogen) atoms. The Bertz CT molecular complexity index is 913. The number of hydrogen-bond acceptors (Lipinski definition) is 4. The third-order valence-corrected chi connectivity index (χ3v) is 6.63. The molecule has 0 radical (unpaired) electrons. The first-order valence-electron chi connectivity index (χ1n) is 10.3. The highest BCUT2D eigenvalue weighted by atomic mass is 16.2. The molecule has 1 saturated heterocycles. The molecule has 2 aromatic rings. The molecular formula is C22H25N5O. The van der Waals surface area contributed by atoms with Crippen molar-refractivity contribution in [2.45, 2.75) is 44.2 Å². The summed E-state index contributed by atoms with van der Waals surface area (Å²) in [6.07, 6.45) is 6.62. The van der Waals surface area contributed by atoms with Gasteiger partial charge in [-0.05, 0) is 43.4 Å². The summed E-state index contributed by atoms with van der Waals surface area (Å²) >= 11 is 0. The zero-order chi connectivity index (χ0) is 19.1. The highest BCUT2D eigenvalue weighted by Gasteiger charge is 2.50. The minimum Gasteiger partial charge on any atom is -0.348 e. The van der Waals surface area contributed by atoms with Crippen LogP contribution in [0.15, 0.2) is 30.6 Å². The normalized spacial score (nSPS) is 21.3. The summed E-state index contributed by atoms with van der Waals surface area (Å²) in [5, 5.41) is 8.97. The summed E-state index contributed by atoms with van der Waals surface area (Å²) < 4.78 is 0. The van der Waals surface area contributed by atoms with Crippen LogP contribution in [0.1, 0.15) is 48.2 Å². The van der Waals surface area contributed by atoms with Gasteiger partial charge in [0.05, 0.1) is 29.2 Å². The van der Waals surface area contributed by atoms with Crippen molar-refractivity contribution in [3.8, 4) is 6.07 Å². The van der Waals surface area contributed by atoms with Crippen LogP contribution in [0, 0.1) is 17.2 Å². The molecule has 6 nitrogen and oxygen atoms in total. The highest BCUT2D eigenvalue weighted by molar-refractivity contribution is 5.82. The van der Waals surface area contributed by atoms with Crippen LogP contribution >= 0.6 is 0 Å². The molecule has 3 aliphatic rings. The van der Waals surface area contributed by atoms with Gasteiger partial charge in [0.15, 0.2) is 0 Å². The zero-order valence-corrected chi connectivity index (χ0v) is 16.0. The second-order valence-corrected chi connectivity index (χ2v) is 8.36. The Morgan fingerprint density at radius 3 is 2.64 bits per heavy atom. The van der Waals surface area contributed by atoms with Gasteiger partial charge in [0.2, 0.25) is 5.91 Å². The zero-order valence-electron chi connectivity index (χ0n) is 16.0. The first-order chi connectivity index (χ1) is 13.7. The molecule has 0 unspecified atom stereocenters. The molecule has 1 spiro atoms. The number of likely N-dealkylation sites (tertiary alicyclic amines) is 1. The van der Waals surface area contributed by atoms with Crippen LogP contribution in [0.25, 0.3) is 0 Å².